The van der Waals surface area contributed by atoms with Crippen LogP contribution in [0.1, 0.15) is 61.5 Å². The van der Waals surface area contributed by atoms with Crippen LogP contribution in [-0.4, -0.2) is 22.7 Å². The molecule has 0 aliphatic carbocycles. The fourth-order valence-corrected chi connectivity index (χ4v) is 4.06. The van der Waals surface area contributed by atoms with E-state index in [1.54, 1.807) is 12.1 Å². The van der Waals surface area contributed by atoms with E-state index in [2.05, 4.69) is 17.6 Å². The van der Waals surface area contributed by atoms with Crippen molar-refractivity contribution in [2.75, 3.05) is 6.54 Å². The van der Waals surface area contributed by atoms with E-state index >= 15 is 0 Å². The van der Waals surface area contributed by atoms with Crippen molar-refractivity contribution in [2.24, 2.45) is 13.0 Å². The maximum atomic E-state index is 13.5. The van der Waals surface area contributed by atoms with Crippen LogP contribution < -0.4 is 16.4 Å². The zero-order chi connectivity index (χ0) is 20.9. The van der Waals surface area contributed by atoms with E-state index in [0.29, 0.717) is 5.92 Å². The Morgan fingerprint density at radius 3 is 2.86 bits per heavy atom. The van der Waals surface area contributed by atoms with E-state index in [9.17, 15) is 14.0 Å². The zero-order valence-electron chi connectivity index (χ0n) is 17.2. The van der Waals surface area contributed by atoms with Crippen LogP contribution in [0.5, 0.6) is 0 Å². The predicted molar refractivity (Wildman–Crippen MR) is 109 cm³/mol. The molecule has 0 spiro atoms. The molecule has 2 heterocycles. The number of hydrogen-bond donors (Lipinski definition) is 2. The van der Waals surface area contributed by atoms with Crippen LogP contribution in [0.25, 0.3) is 0 Å². The third-order valence-electron chi connectivity index (χ3n) is 5.82. The molecule has 1 aliphatic rings. The molecule has 1 saturated heterocycles. The molecule has 0 bridgehead atoms. The number of hydrogen-bond acceptors (Lipinski definition) is 4. The minimum atomic E-state index is -0.554. The largest absolute Gasteiger partial charge is 0.419 e. The second-order valence-electron chi connectivity index (χ2n) is 8.06. The number of carbonyl (C=O) groups excluding carboxylic acids is 1. The molecule has 2 aromatic rings. The average Bonchev–Trinajstić information content (AvgIpc) is 3.03. The topological polar surface area (TPSA) is 76.3 Å². The normalized spacial score (nSPS) is 21.8. The Hall–Kier alpha value is -2.41. The Labute approximate surface area is 170 Å². The van der Waals surface area contributed by atoms with Crippen molar-refractivity contribution in [3.05, 3.63) is 58.2 Å². The number of unbranched alkanes of at least 4 members (excludes halogenated alkanes) is 2. The van der Waals surface area contributed by atoms with E-state index in [4.69, 9.17) is 4.42 Å². The summed E-state index contributed by atoms with van der Waals surface area (Å²) in [7, 11) is 1.52. The molecule has 29 heavy (non-hydrogen) atoms. The summed E-state index contributed by atoms with van der Waals surface area (Å²) in [5.41, 5.74) is 0.708. The molecule has 3 rings (SSSR count). The van der Waals surface area contributed by atoms with Crippen molar-refractivity contribution in [2.45, 2.75) is 57.5 Å². The van der Waals surface area contributed by atoms with Crippen LogP contribution in [0.15, 0.2) is 39.7 Å². The van der Waals surface area contributed by atoms with Crippen LogP contribution in [0, 0.1) is 11.7 Å². The molecule has 1 aliphatic heterocycles. The van der Waals surface area contributed by atoms with Crippen molar-refractivity contribution < 1.29 is 13.6 Å². The van der Waals surface area contributed by atoms with Gasteiger partial charge in [-0.25, -0.2) is 9.18 Å². The van der Waals surface area contributed by atoms with Gasteiger partial charge in [0.15, 0.2) is 0 Å². The molecular formula is C22H30FN3O3. The van der Waals surface area contributed by atoms with E-state index < -0.39 is 11.4 Å². The van der Waals surface area contributed by atoms with Crippen molar-refractivity contribution in [1.29, 1.82) is 0 Å². The number of halogens is 1. The van der Waals surface area contributed by atoms with Crippen molar-refractivity contribution in [3.63, 3.8) is 0 Å². The predicted octanol–water partition coefficient (Wildman–Crippen LogP) is 3.37. The first-order valence-electron chi connectivity index (χ1n) is 10.4. The highest BCUT2D eigenvalue weighted by molar-refractivity contribution is 5.92. The number of carbonyl (C=O) groups is 1. The molecule has 1 aromatic heterocycles. The summed E-state index contributed by atoms with van der Waals surface area (Å²) in [4.78, 5) is 24.3. The number of piperidine rings is 1. The molecular weight excluding hydrogens is 373 g/mol. The maximum absolute atomic E-state index is 13.5. The molecule has 1 amide bonds. The lowest BCUT2D eigenvalue weighted by Crippen LogP contribution is -2.62. The third-order valence-corrected chi connectivity index (χ3v) is 5.82. The Balaban J connectivity index is 1.66. The Bertz CT molecular complexity index is 881. The van der Waals surface area contributed by atoms with Gasteiger partial charge in [0, 0.05) is 13.6 Å². The van der Waals surface area contributed by atoms with Gasteiger partial charge < -0.3 is 9.73 Å². The van der Waals surface area contributed by atoms with Crippen molar-refractivity contribution >= 4 is 5.91 Å². The SMILES string of the molecule is CCCCCC1(NC(=O)c2coc(=O)n2C)CCC(Cc2cccc(F)c2)CN1. The number of aromatic nitrogens is 1. The van der Waals surface area contributed by atoms with E-state index in [0.717, 1.165) is 57.1 Å². The standard InChI is InChI=1S/C22H30FN3O3/c1-3-4-5-10-22(25-20(27)19-15-29-21(28)26(19)2)11-9-17(14-24-22)12-16-7-6-8-18(23)13-16/h6-8,13,15,17,24H,3-5,9-12,14H2,1-2H3,(H,25,27). The number of oxazole rings is 1. The lowest BCUT2D eigenvalue weighted by molar-refractivity contribution is 0.0788. The van der Waals surface area contributed by atoms with Crippen LogP contribution in [-0.2, 0) is 13.5 Å². The summed E-state index contributed by atoms with van der Waals surface area (Å²) < 4.78 is 19.5. The second-order valence-corrected chi connectivity index (χ2v) is 8.06. The summed E-state index contributed by atoms with van der Waals surface area (Å²) in [5.74, 6) is -0.697. The van der Waals surface area contributed by atoms with Crippen molar-refractivity contribution in [3.8, 4) is 0 Å². The minimum absolute atomic E-state index is 0.210. The molecule has 158 valence electrons. The van der Waals surface area contributed by atoms with Gasteiger partial charge in [0.1, 0.15) is 17.8 Å². The van der Waals surface area contributed by atoms with Gasteiger partial charge in [-0.15, -0.1) is 0 Å². The molecule has 0 radical (unpaired) electrons. The highest BCUT2D eigenvalue weighted by Gasteiger charge is 2.36. The summed E-state index contributed by atoms with van der Waals surface area (Å²) in [5, 5.41) is 6.69. The fourth-order valence-electron chi connectivity index (χ4n) is 4.06. The van der Waals surface area contributed by atoms with E-state index in [-0.39, 0.29) is 17.4 Å². The number of rotatable bonds is 8. The fraction of sp³-hybridized carbons (Fsp3) is 0.545. The number of benzene rings is 1. The molecule has 2 atom stereocenters. The molecule has 7 heteroatoms. The zero-order valence-corrected chi connectivity index (χ0v) is 17.2. The highest BCUT2D eigenvalue weighted by atomic mass is 19.1. The average molecular weight is 403 g/mol. The Kier molecular flexibility index (Phi) is 6.90. The highest BCUT2D eigenvalue weighted by Crippen LogP contribution is 2.28. The first-order valence-corrected chi connectivity index (χ1v) is 10.4. The van der Waals surface area contributed by atoms with Crippen LogP contribution >= 0.6 is 0 Å². The first-order chi connectivity index (χ1) is 13.9. The third kappa shape index (κ3) is 5.35. The maximum Gasteiger partial charge on any atom is 0.419 e. The number of nitrogens with zero attached hydrogens (tertiary/aromatic N) is 1. The van der Waals surface area contributed by atoms with Crippen LogP contribution in [0.2, 0.25) is 0 Å². The van der Waals surface area contributed by atoms with Gasteiger partial charge >= 0.3 is 5.76 Å². The van der Waals surface area contributed by atoms with E-state index in [1.165, 1.54) is 23.9 Å². The van der Waals surface area contributed by atoms with Gasteiger partial charge in [-0.3, -0.25) is 14.7 Å². The smallest absolute Gasteiger partial charge is 0.415 e. The van der Waals surface area contributed by atoms with Gasteiger partial charge in [-0.1, -0.05) is 31.9 Å². The molecule has 2 unspecified atom stereocenters. The summed E-state index contributed by atoms with van der Waals surface area (Å²) in [6.07, 6.45) is 7.74. The molecule has 0 saturated carbocycles. The number of nitrogens with one attached hydrogen (secondary N) is 2. The van der Waals surface area contributed by atoms with Gasteiger partial charge in [-0.2, -0.15) is 0 Å². The first kappa shape index (κ1) is 21.3. The molecule has 6 nitrogen and oxygen atoms in total. The quantitative estimate of drug-likeness (QED) is 0.663. The van der Waals surface area contributed by atoms with Gasteiger partial charge in [0.05, 0.1) is 5.66 Å². The molecule has 2 N–H and O–H groups in total. The van der Waals surface area contributed by atoms with Crippen LogP contribution in [0.4, 0.5) is 4.39 Å². The Morgan fingerprint density at radius 1 is 1.41 bits per heavy atom. The second kappa shape index (κ2) is 9.39. The van der Waals surface area contributed by atoms with E-state index in [1.807, 2.05) is 6.07 Å². The lowest BCUT2D eigenvalue weighted by Gasteiger charge is -2.42. The lowest BCUT2D eigenvalue weighted by atomic mass is 9.84. The van der Waals surface area contributed by atoms with Gasteiger partial charge in [0.25, 0.3) is 5.91 Å². The van der Waals surface area contributed by atoms with Crippen LogP contribution in [0.3, 0.4) is 0 Å². The van der Waals surface area contributed by atoms with Gasteiger partial charge in [0.2, 0.25) is 0 Å². The molecule has 1 aromatic carbocycles. The number of amides is 1. The monoisotopic (exact) mass is 403 g/mol. The minimum Gasteiger partial charge on any atom is -0.415 e. The Morgan fingerprint density at radius 2 is 2.24 bits per heavy atom. The van der Waals surface area contributed by atoms with Crippen molar-refractivity contribution in [1.82, 2.24) is 15.2 Å². The van der Waals surface area contributed by atoms with Gasteiger partial charge in [-0.05, 0) is 55.7 Å². The summed E-state index contributed by atoms with van der Waals surface area (Å²) in [6, 6.07) is 6.74. The summed E-state index contributed by atoms with van der Waals surface area (Å²) >= 11 is 0. The molecule has 1 fully saturated rings. The summed E-state index contributed by atoms with van der Waals surface area (Å²) in [6.45, 7) is 2.89.